The van der Waals surface area contributed by atoms with Crippen molar-refractivity contribution in [3.8, 4) is 0 Å². The number of halogens is 2. The average molecular weight is 384 g/mol. The highest BCUT2D eigenvalue weighted by atomic mass is 35.5. The van der Waals surface area contributed by atoms with Gasteiger partial charge in [0.2, 0.25) is 0 Å². The van der Waals surface area contributed by atoms with Crippen LogP contribution in [0.15, 0.2) is 67.0 Å². The Morgan fingerprint density at radius 1 is 1.04 bits per heavy atom. The monoisotopic (exact) mass is 383 g/mol. The van der Waals surface area contributed by atoms with Gasteiger partial charge in [-0.1, -0.05) is 48.0 Å². The van der Waals surface area contributed by atoms with Crippen molar-refractivity contribution in [2.75, 3.05) is 5.01 Å². The van der Waals surface area contributed by atoms with Gasteiger partial charge in [-0.15, -0.1) is 11.6 Å². The Hall–Kier alpha value is -2.20. The molecule has 0 fully saturated rings. The highest BCUT2D eigenvalue weighted by molar-refractivity contribution is 6.30. The molecule has 1 aliphatic heterocycles. The van der Waals surface area contributed by atoms with Crippen LogP contribution in [0.5, 0.6) is 0 Å². The van der Waals surface area contributed by atoms with Gasteiger partial charge in [0.05, 0.1) is 5.69 Å². The number of fused-ring (bicyclic) bond motifs is 1. The van der Waals surface area contributed by atoms with Gasteiger partial charge in [-0.3, -0.25) is 5.01 Å². The Kier molecular flexibility index (Phi) is 5.02. The van der Waals surface area contributed by atoms with E-state index in [0.717, 1.165) is 28.3 Å². The summed E-state index contributed by atoms with van der Waals surface area (Å²) in [6, 6.07) is 18.4. The largest absolute Gasteiger partial charge is 0.363 e. The highest BCUT2D eigenvalue weighted by Crippen LogP contribution is 2.31. The van der Waals surface area contributed by atoms with E-state index in [4.69, 9.17) is 23.2 Å². The second-order valence-corrected chi connectivity index (χ2v) is 7.04. The lowest BCUT2D eigenvalue weighted by Gasteiger charge is -2.28. The van der Waals surface area contributed by atoms with Gasteiger partial charge >= 0.3 is 0 Å². The molecule has 0 atom stereocenters. The fraction of sp³-hybridized carbons (Fsp3) is 0.143. The molecule has 0 bridgehead atoms. The predicted molar refractivity (Wildman–Crippen MR) is 109 cm³/mol. The summed E-state index contributed by atoms with van der Waals surface area (Å²) in [6.07, 6.45) is 5.01. The van der Waals surface area contributed by atoms with Crippen LogP contribution < -0.4 is 10.4 Å². The van der Waals surface area contributed by atoms with E-state index in [9.17, 15) is 0 Å². The molecular formula is C21H19Cl2N3. The molecule has 2 N–H and O–H groups in total. The fourth-order valence-electron chi connectivity index (χ4n) is 3.16. The molecule has 5 heteroatoms. The van der Waals surface area contributed by atoms with Gasteiger partial charge in [-0.2, -0.15) is 0 Å². The number of hydrogen-bond acceptors (Lipinski definition) is 2. The lowest BCUT2D eigenvalue weighted by atomic mass is 9.98. The molecule has 4 rings (SSSR count). The van der Waals surface area contributed by atoms with Gasteiger partial charge in [0.1, 0.15) is 0 Å². The number of nitrogens with zero attached hydrogens (tertiary/aromatic N) is 1. The lowest BCUT2D eigenvalue weighted by molar-refractivity contribution is 0.695. The third-order valence-electron chi connectivity index (χ3n) is 4.54. The van der Waals surface area contributed by atoms with E-state index in [1.54, 1.807) is 0 Å². The molecular weight excluding hydrogens is 365 g/mol. The van der Waals surface area contributed by atoms with E-state index in [1.165, 1.54) is 16.8 Å². The first-order valence-corrected chi connectivity index (χ1v) is 9.43. The number of benzene rings is 2. The summed E-state index contributed by atoms with van der Waals surface area (Å²) in [5.74, 6) is 0.535. The lowest BCUT2D eigenvalue weighted by Crippen LogP contribution is -2.35. The van der Waals surface area contributed by atoms with Crippen LogP contribution in [0.25, 0.3) is 5.57 Å². The van der Waals surface area contributed by atoms with Crippen LogP contribution in [0.1, 0.15) is 22.4 Å². The third-order valence-corrected chi connectivity index (χ3v) is 5.08. The SMILES string of the molecule is ClCc1ccc(C2=CN(NCc3cccc(Cl)c3)c3cc[nH]c3C2)cc1. The van der Waals surface area contributed by atoms with Gasteiger partial charge in [0.25, 0.3) is 0 Å². The zero-order valence-electron chi connectivity index (χ0n) is 14.2. The van der Waals surface area contributed by atoms with E-state index in [-0.39, 0.29) is 0 Å². The van der Waals surface area contributed by atoms with Gasteiger partial charge in [0.15, 0.2) is 0 Å². The summed E-state index contributed by atoms with van der Waals surface area (Å²) in [6.45, 7) is 0.695. The normalized spacial score (nSPS) is 13.5. The minimum absolute atomic E-state index is 0.535. The molecule has 0 amide bonds. The van der Waals surface area contributed by atoms with Gasteiger partial charge in [0, 0.05) is 42.0 Å². The Balaban J connectivity index is 1.58. The van der Waals surface area contributed by atoms with E-state index in [2.05, 4.69) is 58.0 Å². The third kappa shape index (κ3) is 3.65. The Labute approximate surface area is 163 Å². The zero-order valence-corrected chi connectivity index (χ0v) is 15.7. The van der Waals surface area contributed by atoms with E-state index in [1.807, 2.05) is 24.4 Å². The van der Waals surface area contributed by atoms with Gasteiger partial charge < -0.3 is 4.98 Å². The van der Waals surface area contributed by atoms with E-state index in [0.29, 0.717) is 12.4 Å². The second-order valence-electron chi connectivity index (χ2n) is 6.34. The summed E-state index contributed by atoms with van der Waals surface area (Å²) in [7, 11) is 0. The minimum Gasteiger partial charge on any atom is -0.363 e. The molecule has 0 unspecified atom stereocenters. The van der Waals surface area contributed by atoms with Crippen LogP contribution in [0, 0.1) is 0 Å². The summed E-state index contributed by atoms with van der Waals surface area (Å²) >= 11 is 12.0. The molecule has 0 saturated carbocycles. The molecule has 2 heterocycles. The molecule has 0 aliphatic carbocycles. The summed E-state index contributed by atoms with van der Waals surface area (Å²) in [5, 5.41) is 2.84. The van der Waals surface area contributed by atoms with E-state index < -0.39 is 0 Å². The highest BCUT2D eigenvalue weighted by Gasteiger charge is 2.19. The molecule has 132 valence electrons. The molecule has 0 radical (unpaired) electrons. The number of alkyl halides is 1. The number of hydrogen-bond donors (Lipinski definition) is 2. The van der Waals surface area contributed by atoms with Crippen molar-refractivity contribution in [2.24, 2.45) is 0 Å². The van der Waals surface area contributed by atoms with Crippen molar-refractivity contribution < 1.29 is 0 Å². The van der Waals surface area contributed by atoms with Gasteiger partial charge in [-0.05, 0) is 40.5 Å². The first-order chi connectivity index (χ1) is 12.7. The zero-order chi connectivity index (χ0) is 17.9. The Bertz CT molecular complexity index is 928. The fourth-order valence-corrected chi connectivity index (χ4v) is 3.55. The Morgan fingerprint density at radius 2 is 1.88 bits per heavy atom. The van der Waals surface area contributed by atoms with Crippen LogP contribution in [-0.2, 0) is 18.8 Å². The average Bonchev–Trinajstić information content (AvgIpc) is 3.15. The number of anilines is 1. The maximum atomic E-state index is 6.09. The quantitative estimate of drug-likeness (QED) is 0.568. The maximum Gasteiger partial charge on any atom is 0.0781 e. The van der Waals surface area contributed by atoms with Crippen molar-refractivity contribution in [3.05, 3.63) is 94.4 Å². The molecule has 0 saturated heterocycles. The number of H-pyrrole nitrogens is 1. The molecule has 2 aromatic carbocycles. The number of nitrogens with one attached hydrogen (secondary N) is 2. The molecule has 3 nitrogen and oxygen atoms in total. The van der Waals surface area contributed by atoms with Crippen molar-refractivity contribution in [3.63, 3.8) is 0 Å². The van der Waals surface area contributed by atoms with Crippen LogP contribution in [-0.4, -0.2) is 4.98 Å². The predicted octanol–water partition coefficient (Wildman–Crippen LogP) is 5.52. The molecule has 26 heavy (non-hydrogen) atoms. The first kappa shape index (κ1) is 17.2. The van der Waals surface area contributed by atoms with Crippen molar-refractivity contribution in [1.29, 1.82) is 0 Å². The Morgan fingerprint density at radius 3 is 2.65 bits per heavy atom. The van der Waals surface area contributed by atoms with E-state index >= 15 is 0 Å². The number of aromatic amines is 1. The molecule has 0 spiro atoms. The van der Waals surface area contributed by atoms with Gasteiger partial charge in [-0.25, -0.2) is 5.43 Å². The summed E-state index contributed by atoms with van der Waals surface area (Å²) < 4.78 is 0. The number of rotatable bonds is 5. The maximum absolute atomic E-state index is 6.09. The van der Waals surface area contributed by atoms with Crippen LogP contribution >= 0.6 is 23.2 Å². The summed E-state index contributed by atoms with van der Waals surface area (Å²) in [4.78, 5) is 3.35. The number of allylic oxidation sites excluding steroid dienone is 1. The second kappa shape index (κ2) is 7.58. The molecule has 1 aromatic heterocycles. The van der Waals surface area contributed by atoms with Crippen LogP contribution in [0.4, 0.5) is 5.69 Å². The minimum atomic E-state index is 0.535. The number of aromatic nitrogens is 1. The van der Waals surface area contributed by atoms with Crippen LogP contribution in [0.2, 0.25) is 5.02 Å². The first-order valence-electron chi connectivity index (χ1n) is 8.52. The van der Waals surface area contributed by atoms with Crippen molar-refractivity contribution >= 4 is 34.5 Å². The number of hydrazine groups is 1. The smallest absolute Gasteiger partial charge is 0.0781 e. The molecule has 1 aliphatic rings. The summed E-state index contributed by atoms with van der Waals surface area (Å²) in [5.41, 5.74) is 10.6. The molecule has 3 aromatic rings. The van der Waals surface area contributed by atoms with Crippen LogP contribution in [0.3, 0.4) is 0 Å². The van der Waals surface area contributed by atoms with Crippen molar-refractivity contribution in [2.45, 2.75) is 18.8 Å². The topological polar surface area (TPSA) is 31.1 Å². The van der Waals surface area contributed by atoms with Crippen molar-refractivity contribution in [1.82, 2.24) is 10.4 Å². The standard InChI is InChI=1S/C21H19Cl2N3/c22-12-15-4-6-17(7-5-15)18-11-20-21(8-9-24-20)26(14-18)25-13-16-2-1-3-19(23)10-16/h1-10,14,24-25H,11-13H2.